The summed E-state index contributed by atoms with van der Waals surface area (Å²) < 4.78 is 24.2. The molecule has 0 aromatic heterocycles. The van der Waals surface area contributed by atoms with E-state index in [2.05, 4.69) is 9.32 Å². The molecule has 0 unspecified atom stereocenters. The maximum atomic E-state index is 10.00. The first-order chi connectivity index (χ1) is 3.42. The van der Waals surface area contributed by atoms with Crippen LogP contribution >= 0.6 is 0 Å². The number of rotatable bonds is 2. The van der Waals surface area contributed by atoms with E-state index < -0.39 is 10.3 Å². The molecule has 0 aliphatic heterocycles. The monoisotopic (exact) mass is 179 g/mol. The fourth-order valence-corrected chi connectivity index (χ4v) is 0.805. The predicted molar refractivity (Wildman–Crippen MR) is 36.5 cm³/mol. The van der Waals surface area contributed by atoms with Gasteiger partial charge in [-0.15, -0.1) is 0 Å². The Balaban J connectivity index is 0. The van der Waals surface area contributed by atoms with Crippen LogP contribution in [0.25, 0.3) is 0 Å². The van der Waals surface area contributed by atoms with E-state index in [1.807, 2.05) is 0 Å². The summed E-state index contributed by atoms with van der Waals surface area (Å²) in [4.78, 5) is 0. The quantitative estimate of drug-likeness (QED) is 0.551. The van der Waals surface area contributed by atoms with Gasteiger partial charge in [0.1, 0.15) is 0 Å². The fraction of sp³-hybridized carbons (Fsp3) is 1.00. The van der Waals surface area contributed by atoms with Crippen molar-refractivity contribution in [3.63, 3.8) is 0 Å². The van der Waals surface area contributed by atoms with E-state index in [1.165, 1.54) is 0 Å². The van der Waals surface area contributed by atoms with Crippen molar-refractivity contribution < 1.29 is 12.6 Å². The summed E-state index contributed by atoms with van der Waals surface area (Å²) in [5.74, 6) is 0. The molecule has 0 aromatic rings. The topological polar surface area (TPSA) is 69.4 Å². The molecule has 0 aliphatic rings. The third-order valence-corrected chi connectivity index (χ3v) is 0.980. The summed E-state index contributed by atoms with van der Waals surface area (Å²) in [5, 5.41) is 4.49. The van der Waals surface area contributed by atoms with Crippen LogP contribution in [0.3, 0.4) is 0 Å². The molecule has 0 aromatic carbocycles. The third kappa shape index (κ3) is 12.7. The average Bonchev–Trinajstić information content (AvgIpc) is 1.21. The molecule has 0 spiro atoms. The molecule has 0 rings (SSSR count). The van der Waals surface area contributed by atoms with Crippen LogP contribution < -0.4 is 5.14 Å². The maximum absolute atomic E-state index is 10.00. The molecule has 6 heteroatoms. The second-order valence-electron chi connectivity index (χ2n) is 1.64. The minimum atomic E-state index is -3.72. The summed E-state index contributed by atoms with van der Waals surface area (Å²) in [6, 6.07) is 0. The van der Waals surface area contributed by atoms with Gasteiger partial charge in [-0.25, -0.2) is 5.14 Å². The van der Waals surface area contributed by atoms with Crippen LogP contribution in [0, 0.1) is 0 Å². The van der Waals surface area contributed by atoms with Crippen LogP contribution in [0.4, 0.5) is 0 Å². The molecule has 0 aliphatic carbocycles. The zero-order chi connectivity index (χ0) is 6.78. The van der Waals surface area contributed by atoms with E-state index in [0.717, 1.165) is 0 Å². The van der Waals surface area contributed by atoms with Crippen LogP contribution in [0.2, 0.25) is 0 Å². The Labute approximate surface area is 97.8 Å². The Morgan fingerprint density at radius 2 is 1.78 bits per heavy atom. The molecular weight excluding hydrogens is 169 g/mol. The predicted octanol–water partition coefficient (Wildman–Crippen LogP) is -1.03. The van der Waals surface area contributed by atoms with Crippen LogP contribution in [-0.2, 0) is 14.5 Å². The Kier molecular flexibility index (Phi) is 7.57. The van der Waals surface area contributed by atoms with Crippen molar-refractivity contribution in [1.82, 2.24) is 0 Å². The normalized spacial score (nSPS) is 11.1. The van der Waals surface area contributed by atoms with Crippen LogP contribution in [0.1, 0.15) is 13.8 Å². The molecular formula is C3H10KNO3S. The molecule has 0 radical (unpaired) electrons. The molecule has 0 heterocycles. The molecule has 0 bridgehead atoms. The second-order valence-corrected chi connectivity index (χ2v) is 2.82. The van der Waals surface area contributed by atoms with Gasteiger partial charge in [0.15, 0.2) is 0 Å². The minimum absolute atomic E-state index is 0. The zero-order valence-electron chi connectivity index (χ0n) is 4.79. The van der Waals surface area contributed by atoms with Crippen LogP contribution in [0.15, 0.2) is 0 Å². The Morgan fingerprint density at radius 3 is 1.78 bits per heavy atom. The van der Waals surface area contributed by atoms with E-state index >= 15 is 0 Å². The van der Waals surface area contributed by atoms with Gasteiger partial charge in [-0.3, -0.25) is 4.18 Å². The first-order valence-corrected chi connectivity index (χ1v) is 3.60. The van der Waals surface area contributed by atoms with Crippen LogP contribution in [0.5, 0.6) is 0 Å². The molecule has 9 heavy (non-hydrogen) atoms. The zero-order valence-corrected chi connectivity index (χ0v) is 5.60. The van der Waals surface area contributed by atoms with Gasteiger partial charge in [0.25, 0.3) is 0 Å². The van der Waals surface area contributed by atoms with Crippen molar-refractivity contribution in [3.05, 3.63) is 0 Å². The van der Waals surface area contributed by atoms with E-state index in [9.17, 15) is 8.42 Å². The molecule has 0 amide bonds. The number of hydrogen-bond acceptors (Lipinski definition) is 3. The van der Waals surface area contributed by atoms with Gasteiger partial charge in [0.05, 0.1) is 6.10 Å². The number of nitrogens with two attached hydrogens (primary N) is 1. The SMILES string of the molecule is CC(C)OS(N)(=O)=O.[KH]. The van der Waals surface area contributed by atoms with Gasteiger partial charge in [0.2, 0.25) is 0 Å². The van der Waals surface area contributed by atoms with E-state index in [1.54, 1.807) is 13.8 Å². The summed E-state index contributed by atoms with van der Waals surface area (Å²) in [6.07, 6.45) is -0.370. The first-order valence-electron chi connectivity index (χ1n) is 2.13. The van der Waals surface area contributed by atoms with Gasteiger partial charge in [0, 0.05) is 0 Å². The molecule has 0 atom stereocenters. The second kappa shape index (κ2) is 5.20. The van der Waals surface area contributed by atoms with E-state index in [0.29, 0.717) is 0 Å². The van der Waals surface area contributed by atoms with Crippen LogP contribution in [-0.4, -0.2) is 65.9 Å². The van der Waals surface area contributed by atoms with Crippen molar-refractivity contribution in [2.24, 2.45) is 5.14 Å². The summed E-state index contributed by atoms with van der Waals surface area (Å²) in [6.45, 7) is 3.18. The van der Waals surface area contributed by atoms with E-state index in [4.69, 9.17) is 0 Å². The van der Waals surface area contributed by atoms with Gasteiger partial charge in [-0.1, -0.05) is 0 Å². The molecule has 52 valence electrons. The molecule has 4 nitrogen and oxygen atoms in total. The summed E-state index contributed by atoms with van der Waals surface area (Å²) >= 11 is 0. The molecule has 0 saturated carbocycles. The summed E-state index contributed by atoms with van der Waals surface area (Å²) in [5.41, 5.74) is 0. The van der Waals surface area contributed by atoms with Gasteiger partial charge in [-0.2, -0.15) is 8.42 Å². The van der Waals surface area contributed by atoms with Crippen molar-refractivity contribution in [1.29, 1.82) is 0 Å². The number of hydrogen-bond donors (Lipinski definition) is 1. The van der Waals surface area contributed by atoms with Crippen molar-refractivity contribution >= 4 is 61.7 Å². The third-order valence-electron chi connectivity index (χ3n) is 0.327. The van der Waals surface area contributed by atoms with Gasteiger partial charge >= 0.3 is 61.7 Å². The molecule has 0 fully saturated rings. The van der Waals surface area contributed by atoms with Gasteiger partial charge < -0.3 is 0 Å². The van der Waals surface area contributed by atoms with Crippen molar-refractivity contribution in [3.8, 4) is 0 Å². The average molecular weight is 179 g/mol. The Bertz CT molecular complexity index is 152. The van der Waals surface area contributed by atoms with E-state index in [-0.39, 0.29) is 57.5 Å². The van der Waals surface area contributed by atoms with Crippen molar-refractivity contribution in [2.45, 2.75) is 20.0 Å². The van der Waals surface area contributed by atoms with Gasteiger partial charge in [-0.05, 0) is 13.8 Å². The summed E-state index contributed by atoms with van der Waals surface area (Å²) in [7, 11) is -3.72. The molecule has 0 saturated heterocycles. The standard InChI is InChI=1S/C3H9NO3S.K.H/c1-3(2)7-8(4,5)6;;/h3H,1-2H3,(H2,4,5,6);;. The Morgan fingerprint density at radius 1 is 1.44 bits per heavy atom. The van der Waals surface area contributed by atoms with Crippen molar-refractivity contribution in [2.75, 3.05) is 0 Å². The first kappa shape index (κ1) is 13.1. The Hall–Kier alpha value is 1.51. The molecule has 2 N–H and O–H groups in total. The fourth-order valence-electron chi connectivity index (χ4n) is 0.268.